The number of nitrogens with zero attached hydrogens (tertiary/aromatic N) is 5. The van der Waals surface area contributed by atoms with Gasteiger partial charge in [-0.1, -0.05) is 6.07 Å². The third-order valence-corrected chi connectivity index (χ3v) is 3.62. The molecule has 2 aromatic heterocycles. The minimum atomic E-state index is -0.859. The molecule has 0 bridgehead atoms. The second-order valence-corrected chi connectivity index (χ2v) is 7.25. The Hall–Kier alpha value is -2.67. The fraction of sp³-hybridized carbons (Fsp3) is 0.188. The zero-order valence-electron chi connectivity index (χ0n) is 14.2. The van der Waals surface area contributed by atoms with Gasteiger partial charge in [-0.25, -0.2) is 24.9 Å². The largest absolute Gasteiger partial charge is 1.00 e. The number of aryl methyl sites for hydroxylation is 1. The highest BCUT2D eigenvalue weighted by molar-refractivity contribution is 6.49. The monoisotopic (exact) mass is 323 g/mol. The van der Waals surface area contributed by atoms with E-state index in [0.29, 0.717) is 17.0 Å². The van der Waals surface area contributed by atoms with Crippen LogP contribution < -0.4 is 4.43 Å². The van der Waals surface area contributed by atoms with Gasteiger partial charge in [0.05, 0.1) is 12.4 Å². The predicted octanol–water partition coefficient (Wildman–Crippen LogP) is 3.22. The average molecular weight is 323 g/mol. The molecule has 3 aromatic rings. The van der Waals surface area contributed by atoms with Gasteiger partial charge in [-0.05, 0) is 37.7 Å². The van der Waals surface area contributed by atoms with E-state index in [1.807, 2.05) is 25.1 Å². The van der Waals surface area contributed by atoms with E-state index in [-0.39, 0.29) is 1.43 Å². The van der Waals surface area contributed by atoms with Crippen LogP contribution in [0, 0.1) is 6.92 Å². The maximum absolute atomic E-state index is 5.91. The van der Waals surface area contributed by atoms with E-state index in [4.69, 9.17) is 4.43 Å². The van der Waals surface area contributed by atoms with Crippen molar-refractivity contribution in [2.45, 2.75) is 20.0 Å². The molecule has 0 saturated heterocycles. The highest BCUT2D eigenvalue weighted by Gasteiger charge is 2.07. The number of fused-ring (bicyclic) bond motifs is 1. The van der Waals surface area contributed by atoms with Gasteiger partial charge in [0, 0.05) is 12.4 Å². The lowest BCUT2D eigenvalue weighted by Gasteiger charge is -2.11. The molecule has 0 spiro atoms. The lowest BCUT2D eigenvalue weighted by atomic mass is 10.2. The maximum Gasteiger partial charge on any atom is 1.00 e. The minimum absolute atomic E-state index is 0. The summed E-state index contributed by atoms with van der Waals surface area (Å²) in [5.74, 6) is 1.28. The molecule has 3 rings (SSSR count). The molecule has 23 heavy (non-hydrogen) atoms. The second-order valence-electron chi connectivity index (χ2n) is 5.23. The van der Waals surface area contributed by atoms with E-state index < -0.39 is 9.04 Å². The number of aliphatic imine (C=N–C) groups is 1. The van der Waals surface area contributed by atoms with Crippen molar-refractivity contribution in [1.29, 1.82) is 0 Å². The fourth-order valence-corrected chi connectivity index (χ4v) is 2.61. The summed E-state index contributed by atoms with van der Waals surface area (Å²) in [4.78, 5) is 21.4. The van der Waals surface area contributed by atoms with E-state index in [9.17, 15) is 0 Å². The molecule has 2 heterocycles. The molecule has 0 amide bonds. The van der Waals surface area contributed by atoms with Crippen molar-refractivity contribution in [1.82, 2.24) is 19.9 Å². The summed E-state index contributed by atoms with van der Waals surface area (Å²) in [5, 5.41) is 0. The van der Waals surface area contributed by atoms with Crippen LogP contribution in [0.25, 0.3) is 11.2 Å². The Balaban J connectivity index is 0.00000208. The number of benzene rings is 1. The Morgan fingerprint density at radius 1 is 1.17 bits per heavy atom. The van der Waals surface area contributed by atoms with Crippen LogP contribution in [0.1, 0.15) is 12.8 Å². The summed E-state index contributed by atoms with van der Waals surface area (Å²) in [7, 11) is -0.859. The van der Waals surface area contributed by atoms with Crippen LogP contribution in [-0.4, -0.2) is 35.2 Å². The Labute approximate surface area is 137 Å². The number of aromatic nitrogens is 4. The summed E-state index contributed by atoms with van der Waals surface area (Å²) in [5.41, 5.74) is 3.12. The molecular formula is C16H17N5OSi+. The van der Waals surface area contributed by atoms with Gasteiger partial charge in [0.25, 0.3) is 9.04 Å². The first-order valence-electron chi connectivity index (χ1n) is 7.18. The van der Waals surface area contributed by atoms with Crippen molar-refractivity contribution in [3.05, 3.63) is 48.2 Å². The Kier molecular flexibility index (Phi) is 4.38. The second kappa shape index (κ2) is 6.61. The number of hydrogen-bond donors (Lipinski definition) is 0. The molecule has 0 saturated carbocycles. The van der Waals surface area contributed by atoms with Crippen molar-refractivity contribution < 1.29 is 5.85 Å². The summed E-state index contributed by atoms with van der Waals surface area (Å²) < 4.78 is 5.91. The molecule has 0 aliphatic carbocycles. The molecule has 1 aromatic carbocycles. The maximum atomic E-state index is 5.91. The van der Waals surface area contributed by atoms with Crippen LogP contribution >= 0.6 is 0 Å². The third-order valence-electron chi connectivity index (χ3n) is 2.99. The van der Waals surface area contributed by atoms with Gasteiger partial charge in [0.2, 0.25) is 0 Å². The molecule has 1 radical (unpaired) electrons. The van der Waals surface area contributed by atoms with E-state index >= 15 is 0 Å². The molecule has 0 N–H and O–H groups in total. The predicted molar refractivity (Wildman–Crippen MR) is 92.8 cm³/mol. The molecule has 6 nitrogen and oxygen atoms in total. The number of rotatable bonds is 4. The van der Waals surface area contributed by atoms with E-state index in [2.05, 4.69) is 38.0 Å². The first-order valence-corrected chi connectivity index (χ1v) is 9.59. The molecule has 0 atom stereocenters. The van der Waals surface area contributed by atoms with E-state index in [0.717, 1.165) is 17.0 Å². The minimum Gasteiger partial charge on any atom is -0.541 e. The topological polar surface area (TPSA) is 73.2 Å². The van der Waals surface area contributed by atoms with Crippen LogP contribution in [0.5, 0.6) is 5.75 Å². The zero-order valence-corrected chi connectivity index (χ0v) is 14.2. The molecule has 0 aliphatic rings. The first kappa shape index (κ1) is 15.2. The van der Waals surface area contributed by atoms with Crippen LogP contribution in [0.15, 0.2) is 41.8 Å². The average Bonchev–Trinajstić information content (AvgIpc) is 2.53. The van der Waals surface area contributed by atoms with Gasteiger partial charge < -0.3 is 4.43 Å². The van der Waals surface area contributed by atoms with Crippen molar-refractivity contribution in [2.75, 3.05) is 0 Å². The first-order chi connectivity index (χ1) is 11.1. The van der Waals surface area contributed by atoms with E-state index in [1.165, 1.54) is 0 Å². The van der Waals surface area contributed by atoms with Gasteiger partial charge in [0.15, 0.2) is 11.5 Å². The van der Waals surface area contributed by atoms with Crippen molar-refractivity contribution >= 4 is 32.1 Å². The summed E-state index contributed by atoms with van der Waals surface area (Å²) in [6.45, 7) is 6.21. The van der Waals surface area contributed by atoms with Crippen molar-refractivity contribution in [2.24, 2.45) is 4.99 Å². The van der Waals surface area contributed by atoms with Gasteiger partial charge in [0.1, 0.15) is 17.0 Å². The third kappa shape index (κ3) is 3.75. The highest BCUT2D eigenvalue weighted by Crippen LogP contribution is 2.29. The molecule has 0 unspecified atom stereocenters. The quantitative estimate of drug-likeness (QED) is 0.544. The normalized spacial score (nSPS) is 11.5. The summed E-state index contributed by atoms with van der Waals surface area (Å²) >= 11 is 0. The van der Waals surface area contributed by atoms with Crippen molar-refractivity contribution in [3.8, 4) is 5.75 Å². The van der Waals surface area contributed by atoms with Gasteiger partial charge >= 0.3 is 1.43 Å². The Morgan fingerprint density at radius 2 is 2.00 bits per heavy atom. The van der Waals surface area contributed by atoms with Crippen LogP contribution in [-0.2, 0) is 0 Å². The van der Waals surface area contributed by atoms with E-state index in [1.54, 1.807) is 24.8 Å². The Bertz CT molecular complexity index is 872. The Morgan fingerprint density at radius 3 is 2.83 bits per heavy atom. The summed E-state index contributed by atoms with van der Waals surface area (Å²) in [6, 6.07) is 5.94. The smallest absolute Gasteiger partial charge is 0.541 e. The molecule has 7 heteroatoms. The standard InChI is InChI=1S/C16H16N5OSi/c1-11-4-5-12(14(8-11)22-23(2)3)19-10-15-20-9-13-16(21-15)18-7-6-17-13/h4-10H,1-3H3/p+1. The van der Waals surface area contributed by atoms with Crippen molar-refractivity contribution in [3.63, 3.8) is 0 Å². The molecular weight excluding hydrogens is 306 g/mol. The molecule has 0 fully saturated rings. The van der Waals surface area contributed by atoms with Gasteiger partial charge in [-0.3, -0.25) is 0 Å². The SMILES string of the molecule is Cc1ccc(N=Cc2ncc3nccnc3n2)c(O[Si](C)C)c1.[H+]. The van der Waals surface area contributed by atoms with Crippen LogP contribution in [0.3, 0.4) is 0 Å². The lowest BCUT2D eigenvalue weighted by Crippen LogP contribution is -2.11. The highest BCUT2D eigenvalue weighted by atomic mass is 28.3. The zero-order chi connectivity index (χ0) is 16.2. The van der Waals surface area contributed by atoms with Crippen LogP contribution in [0.2, 0.25) is 13.1 Å². The lowest BCUT2D eigenvalue weighted by molar-refractivity contribution is 0.581. The van der Waals surface area contributed by atoms with Gasteiger partial charge in [-0.2, -0.15) is 0 Å². The van der Waals surface area contributed by atoms with Crippen LogP contribution in [0.4, 0.5) is 5.69 Å². The summed E-state index contributed by atoms with van der Waals surface area (Å²) in [6.07, 6.45) is 6.48. The fourth-order valence-electron chi connectivity index (χ4n) is 2.00. The number of hydrogen-bond acceptors (Lipinski definition) is 6. The molecule has 115 valence electrons. The molecule has 0 aliphatic heterocycles. The van der Waals surface area contributed by atoms with Gasteiger partial charge in [-0.15, -0.1) is 0 Å².